The normalized spacial score (nSPS) is 10.1. The van der Waals surface area contributed by atoms with Crippen molar-refractivity contribution in [1.29, 1.82) is 0 Å². The maximum absolute atomic E-state index is 11.0. The molecule has 0 aliphatic rings. The molecule has 0 aliphatic heterocycles. The highest BCUT2D eigenvalue weighted by Crippen LogP contribution is 2.01. The van der Waals surface area contributed by atoms with Crippen LogP contribution in [0.5, 0.6) is 0 Å². The predicted octanol–water partition coefficient (Wildman–Crippen LogP) is 1.91. The minimum Gasteiger partial charge on any atom is -0.443 e. The van der Waals surface area contributed by atoms with E-state index >= 15 is 0 Å². The summed E-state index contributed by atoms with van der Waals surface area (Å²) in [4.78, 5) is 24.6. The number of esters is 1. The zero-order valence-electron chi connectivity index (χ0n) is 8.75. The Morgan fingerprint density at radius 2 is 2.00 bits per heavy atom. The summed E-state index contributed by atoms with van der Waals surface area (Å²) in [6.45, 7) is 1.35. The third-order valence-corrected chi connectivity index (χ3v) is 1.58. The van der Waals surface area contributed by atoms with E-state index in [-0.39, 0.29) is 6.61 Å². The van der Waals surface area contributed by atoms with Crippen molar-refractivity contribution in [2.75, 3.05) is 0 Å². The van der Waals surface area contributed by atoms with Crippen LogP contribution in [0, 0.1) is 0 Å². The van der Waals surface area contributed by atoms with Crippen molar-refractivity contribution in [2.24, 2.45) is 4.99 Å². The standard InChI is InChI=1S/C11H11NO4/c1-9(13)16-8-12-11(14)15-7-10-5-3-2-4-6-10/h2-6,8H,7H2,1H3/b12-8-. The number of benzene rings is 1. The second-order valence-electron chi connectivity index (χ2n) is 2.88. The summed E-state index contributed by atoms with van der Waals surface area (Å²) < 4.78 is 9.11. The van der Waals surface area contributed by atoms with Gasteiger partial charge >= 0.3 is 12.1 Å². The fraction of sp³-hybridized carbons (Fsp3) is 0.182. The number of hydrogen-bond donors (Lipinski definition) is 0. The SMILES string of the molecule is CC(=O)O/C=N\C(=O)OCc1ccccc1. The summed E-state index contributed by atoms with van der Waals surface area (Å²) in [5.74, 6) is -0.542. The van der Waals surface area contributed by atoms with Crippen LogP contribution >= 0.6 is 0 Å². The number of carbonyl (C=O) groups excluding carboxylic acids is 2. The molecule has 1 aromatic carbocycles. The lowest BCUT2D eigenvalue weighted by molar-refractivity contribution is -0.132. The van der Waals surface area contributed by atoms with Gasteiger partial charge in [-0.05, 0) is 5.56 Å². The first-order valence-corrected chi connectivity index (χ1v) is 4.59. The van der Waals surface area contributed by atoms with Gasteiger partial charge in [0.15, 0.2) is 6.40 Å². The molecule has 5 nitrogen and oxygen atoms in total. The van der Waals surface area contributed by atoms with Gasteiger partial charge in [0.05, 0.1) is 0 Å². The topological polar surface area (TPSA) is 65.0 Å². The Kier molecular flexibility index (Phi) is 4.72. The Labute approximate surface area is 92.7 Å². The highest BCUT2D eigenvalue weighted by molar-refractivity contribution is 5.82. The van der Waals surface area contributed by atoms with Crippen LogP contribution in [0.3, 0.4) is 0 Å². The van der Waals surface area contributed by atoms with E-state index in [9.17, 15) is 9.59 Å². The van der Waals surface area contributed by atoms with Gasteiger partial charge in [0.2, 0.25) is 0 Å². The molecule has 0 saturated carbocycles. The number of rotatable bonds is 3. The van der Waals surface area contributed by atoms with Gasteiger partial charge in [0, 0.05) is 6.92 Å². The Bertz CT molecular complexity index is 386. The average Bonchev–Trinajstić information content (AvgIpc) is 2.27. The van der Waals surface area contributed by atoms with E-state index in [1.807, 2.05) is 30.3 Å². The van der Waals surface area contributed by atoms with Crippen LogP contribution in [0.15, 0.2) is 35.3 Å². The van der Waals surface area contributed by atoms with Gasteiger partial charge in [-0.15, -0.1) is 4.99 Å². The molecule has 0 heterocycles. The molecule has 0 spiro atoms. The molecule has 84 valence electrons. The fourth-order valence-electron chi connectivity index (χ4n) is 0.900. The van der Waals surface area contributed by atoms with Gasteiger partial charge < -0.3 is 9.47 Å². The highest BCUT2D eigenvalue weighted by Gasteiger charge is 1.99. The first kappa shape index (κ1) is 11.9. The van der Waals surface area contributed by atoms with E-state index in [0.29, 0.717) is 0 Å². The van der Waals surface area contributed by atoms with Crippen LogP contribution in [0.2, 0.25) is 0 Å². The van der Waals surface area contributed by atoms with Crippen molar-refractivity contribution in [3.05, 3.63) is 35.9 Å². The molecule has 1 amide bonds. The summed E-state index contributed by atoms with van der Waals surface area (Å²) in [5, 5.41) is 0. The number of hydrogen-bond acceptors (Lipinski definition) is 4. The van der Waals surface area contributed by atoms with Crippen molar-refractivity contribution < 1.29 is 19.1 Å². The smallest absolute Gasteiger partial charge is 0.436 e. The fourth-order valence-corrected chi connectivity index (χ4v) is 0.900. The summed E-state index contributed by atoms with van der Waals surface area (Å²) >= 11 is 0. The molecule has 0 radical (unpaired) electrons. The van der Waals surface area contributed by atoms with E-state index in [2.05, 4.69) is 9.73 Å². The van der Waals surface area contributed by atoms with Gasteiger partial charge in [-0.2, -0.15) is 0 Å². The summed E-state index contributed by atoms with van der Waals surface area (Å²) in [7, 11) is 0. The van der Waals surface area contributed by atoms with Gasteiger partial charge in [-0.25, -0.2) is 4.79 Å². The van der Waals surface area contributed by atoms with Gasteiger partial charge in [-0.1, -0.05) is 30.3 Å². The molecule has 0 atom stereocenters. The molecule has 0 aromatic heterocycles. The molecular formula is C11H11NO4. The van der Waals surface area contributed by atoms with Crippen LogP contribution in [-0.4, -0.2) is 18.5 Å². The van der Waals surface area contributed by atoms with Crippen molar-refractivity contribution in [1.82, 2.24) is 0 Å². The summed E-state index contributed by atoms with van der Waals surface area (Å²) in [6, 6.07) is 9.19. The Balaban J connectivity index is 2.30. The number of carbonyl (C=O) groups is 2. The second-order valence-corrected chi connectivity index (χ2v) is 2.88. The van der Waals surface area contributed by atoms with Crippen molar-refractivity contribution in [2.45, 2.75) is 13.5 Å². The maximum atomic E-state index is 11.0. The van der Waals surface area contributed by atoms with E-state index in [0.717, 1.165) is 12.0 Å². The predicted molar refractivity (Wildman–Crippen MR) is 56.9 cm³/mol. The quantitative estimate of drug-likeness (QED) is 0.444. The molecule has 0 bridgehead atoms. The van der Waals surface area contributed by atoms with E-state index in [4.69, 9.17) is 4.74 Å². The maximum Gasteiger partial charge on any atom is 0.436 e. The zero-order chi connectivity index (χ0) is 11.8. The van der Waals surface area contributed by atoms with E-state index in [1.54, 1.807) is 0 Å². The number of nitrogens with zero attached hydrogens (tertiary/aromatic N) is 1. The molecule has 0 unspecified atom stereocenters. The third kappa shape index (κ3) is 4.90. The molecule has 0 aliphatic carbocycles. The largest absolute Gasteiger partial charge is 0.443 e. The molecule has 0 fully saturated rings. The second kappa shape index (κ2) is 6.34. The molecule has 1 aromatic rings. The molecule has 0 saturated heterocycles. The Morgan fingerprint density at radius 1 is 1.31 bits per heavy atom. The van der Waals surface area contributed by atoms with Crippen molar-refractivity contribution in [3.8, 4) is 0 Å². The van der Waals surface area contributed by atoms with Gasteiger partial charge in [-0.3, -0.25) is 4.79 Å². The Hall–Kier alpha value is -2.17. The minimum atomic E-state index is -0.801. The van der Waals surface area contributed by atoms with Crippen LogP contribution in [0.1, 0.15) is 12.5 Å². The zero-order valence-corrected chi connectivity index (χ0v) is 8.75. The number of aliphatic imine (C=N–C) groups is 1. The molecule has 0 N–H and O–H groups in total. The van der Waals surface area contributed by atoms with E-state index < -0.39 is 12.1 Å². The molecule has 1 rings (SSSR count). The summed E-state index contributed by atoms with van der Waals surface area (Å²) in [6.07, 6.45) is -0.0412. The lowest BCUT2D eigenvalue weighted by Crippen LogP contribution is -2.02. The highest BCUT2D eigenvalue weighted by atomic mass is 16.6. The first-order chi connectivity index (χ1) is 7.68. The summed E-state index contributed by atoms with van der Waals surface area (Å²) in [5.41, 5.74) is 0.860. The minimum absolute atomic E-state index is 0.136. The number of ether oxygens (including phenoxy) is 2. The molecule has 5 heteroatoms. The van der Waals surface area contributed by atoms with Gasteiger partial charge in [0.25, 0.3) is 0 Å². The van der Waals surface area contributed by atoms with Crippen LogP contribution in [0.4, 0.5) is 4.79 Å². The lowest BCUT2D eigenvalue weighted by Gasteiger charge is -2.00. The third-order valence-electron chi connectivity index (χ3n) is 1.58. The molecular weight excluding hydrogens is 210 g/mol. The lowest BCUT2D eigenvalue weighted by atomic mass is 10.2. The average molecular weight is 221 g/mol. The van der Waals surface area contributed by atoms with Crippen LogP contribution < -0.4 is 0 Å². The van der Waals surface area contributed by atoms with Crippen molar-refractivity contribution in [3.63, 3.8) is 0 Å². The monoisotopic (exact) mass is 221 g/mol. The van der Waals surface area contributed by atoms with Crippen LogP contribution in [0.25, 0.3) is 0 Å². The van der Waals surface area contributed by atoms with E-state index in [1.165, 1.54) is 6.92 Å². The van der Waals surface area contributed by atoms with Crippen LogP contribution in [-0.2, 0) is 20.9 Å². The number of amides is 1. The van der Waals surface area contributed by atoms with Crippen molar-refractivity contribution >= 4 is 18.5 Å². The Morgan fingerprint density at radius 3 is 2.62 bits per heavy atom. The molecule has 16 heavy (non-hydrogen) atoms. The first-order valence-electron chi connectivity index (χ1n) is 4.59. The van der Waals surface area contributed by atoms with Gasteiger partial charge in [0.1, 0.15) is 6.61 Å².